The highest BCUT2D eigenvalue weighted by atomic mass is 16.5. The van der Waals surface area contributed by atoms with Gasteiger partial charge in [-0.15, -0.1) is 0 Å². The van der Waals surface area contributed by atoms with E-state index in [2.05, 4.69) is 17.4 Å². The largest absolute Gasteiger partial charge is 0.494 e. The Kier molecular flexibility index (Phi) is 6.93. The molecule has 150 valence electrons. The van der Waals surface area contributed by atoms with Crippen molar-refractivity contribution in [1.29, 1.82) is 0 Å². The highest BCUT2D eigenvalue weighted by Gasteiger charge is 2.35. The van der Waals surface area contributed by atoms with Crippen LogP contribution in [0.15, 0.2) is 48.5 Å². The maximum atomic E-state index is 12.9. The van der Waals surface area contributed by atoms with E-state index in [1.807, 2.05) is 44.2 Å². The van der Waals surface area contributed by atoms with Crippen LogP contribution in [0.2, 0.25) is 0 Å². The minimum absolute atomic E-state index is 0.110. The summed E-state index contributed by atoms with van der Waals surface area (Å²) in [5.74, 6) is 1.37. The lowest BCUT2D eigenvalue weighted by Gasteiger charge is -2.38. The van der Waals surface area contributed by atoms with Gasteiger partial charge in [-0.05, 0) is 56.5 Å². The van der Waals surface area contributed by atoms with Gasteiger partial charge < -0.3 is 19.5 Å². The highest BCUT2D eigenvalue weighted by Crippen LogP contribution is 2.35. The zero-order valence-corrected chi connectivity index (χ0v) is 16.7. The average molecular weight is 383 g/mol. The molecule has 0 unspecified atom stereocenters. The zero-order chi connectivity index (χ0) is 19.8. The number of benzene rings is 2. The van der Waals surface area contributed by atoms with Crippen LogP contribution in [-0.2, 0) is 10.2 Å². The lowest BCUT2D eigenvalue weighted by atomic mass is 9.74. The SMILES string of the molecule is CCOc1ccc(C2(CNC(=O)c3ccccc3OCC)CCOCC2)cc1. The molecule has 1 N–H and O–H groups in total. The van der Waals surface area contributed by atoms with Crippen molar-refractivity contribution in [2.45, 2.75) is 32.1 Å². The third-order valence-electron chi connectivity index (χ3n) is 5.25. The predicted molar refractivity (Wildman–Crippen MR) is 109 cm³/mol. The molecule has 0 aromatic heterocycles. The molecule has 5 heteroatoms. The Morgan fingerprint density at radius 1 is 1.00 bits per heavy atom. The Morgan fingerprint density at radius 2 is 1.68 bits per heavy atom. The van der Waals surface area contributed by atoms with Crippen molar-refractivity contribution in [3.63, 3.8) is 0 Å². The number of hydrogen-bond acceptors (Lipinski definition) is 4. The van der Waals surface area contributed by atoms with Crippen LogP contribution in [0.25, 0.3) is 0 Å². The van der Waals surface area contributed by atoms with Gasteiger partial charge in [-0.1, -0.05) is 24.3 Å². The standard InChI is InChI=1S/C23H29NO4/c1-3-27-19-11-9-18(10-12-19)23(13-15-26-16-14-23)17-24-22(25)20-7-5-6-8-21(20)28-4-2/h5-12H,3-4,13-17H2,1-2H3,(H,24,25). The number of ether oxygens (including phenoxy) is 3. The van der Waals surface area contributed by atoms with E-state index in [1.165, 1.54) is 5.56 Å². The molecular weight excluding hydrogens is 354 g/mol. The molecule has 0 bridgehead atoms. The second-order valence-electron chi connectivity index (χ2n) is 6.96. The van der Waals surface area contributed by atoms with Gasteiger partial charge in [-0.2, -0.15) is 0 Å². The van der Waals surface area contributed by atoms with E-state index in [0.29, 0.717) is 44.3 Å². The molecule has 0 radical (unpaired) electrons. The summed E-state index contributed by atoms with van der Waals surface area (Å²) in [5, 5.41) is 3.14. The average Bonchev–Trinajstić information content (AvgIpc) is 2.74. The first kappa shape index (κ1) is 20.2. The molecule has 5 nitrogen and oxygen atoms in total. The summed E-state index contributed by atoms with van der Waals surface area (Å²) in [6.45, 7) is 7.01. The van der Waals surface area contributed by atoms with Gasteiger partial charge in [-0.3, -0.25) is 4.79 Å². The van der Waals surface area contributed by atoms with Crippen molar-refractivity contribution in [3.05, 3.63) is 59.7 Å². The highest BCUT2D eigenvalue weighted by molar-refractivity contribution is 5.97. The van der Waals surface area contributed by atoms with Crippen LogP contribution >= 0.6 is 0 Å². The van der Waals surface area contributed by atoms with Gasteiger partial charge in [0.1, 0.15) is 11.5 Å². The molecule has 2 aromatic carbocycles. The second kappa shape index (κ2) is 9.60. The topological polar surface area (TPSA) is 56.8 Å². The maximum absolute atomic E-state index is 12.9. The van der Waals surface area contributed by atoms with Gasteiger partial charge in [0, 0.05) is 25.2 Å². The van der Waals surface area contributed by atoms with Crippen molar-refractivity contribution in [1.82, 2.24) is 5.32 Å². The van der Waals surface area contributed by atoms with E-state index < -0.39 is 0 Å². The van der Waals surface area contributed by atoms with Crippen molar-refractivity contribution in [3.8, 4) is 11.5 Å². The van der Waals surface area contributed by atoms with Crippen LogP contribution in [0.5, 0.6) is 11.5 Å². The molecule has 0 saturated carbocycles. The first-order valence-electron chi connectivity index (χ1n) is 9.99. The summed E-state index contributed by atoms with van der Waals surface area (Å²) in [7, 11) is 0. The third kappa shape index (κ3) is 4.65. The minimum atomic E-state index is -0.140. The summed E-state index contributed by atoms with van der Waals surface area (Å²) in [6.07, 6.45) is 1.74. The first-order valence-corrected chi connectivity index (χ1v) is 9.99. The molecule has 1 saturated heterocycles. The number of rotatable bonds is 8. The molecule has 28 heavy (non-hydrogen) atoms. The molecule has 1 heterocycles. The van der Waals surface area contributed by atoms with Gasteiger partial charge in [0.05, 0.1) is 18.8 Å². The molecule has 3 rings (SSSR count). The number of nitrogens with one attached hydrogen (secondary N) is 1. The fourth-order valence-electron chi connectivity index (χ4n) is 3.68. The Labute approximate surface area is 167 Å². The number of hydrogen-bond donors (Lipinski definition) is 1. The van der Waals surface area contributed by atoms with Crippen LogP contribution in [-0.4, -0.2) is 38.9 Å². The molecule has 0 spiro atoms. The Bertz CT molecular complexity index is 766. The van der Waals surface area contributed by atoms with Gasteiger partial charge >= 0.3 is 0 Å². The van der Waals surface area contributed by atoms with E-state index >= 15 is 0 Å². The van der Waals surface area contributed by atoms with E-state index in [4.69, 9.17) is 14.2 Å². The van der Waals surface area contributed by atoms with Crippen LogP contribution < -0.4 is 14.8 Å². The number of amides is 1. The van der Waals surface area contributed by atoms with Crippen molar-refractivity contribution >= 4 is 5.91 Å². The summed E-state index contributed by atoms with van der Waals surface area (Å²) in [5.41, 5.74) is 1.63. The zero-order valence-electron chi connectivity index (χ0n) is 16.7. The Balaban J connectivity index is 1.77. The summed E-state index contributed by atoms with van der Waals surface area (Å²) < 4.78 is 16.8. The Hall–Kier alpha value is -2.53. The lowest BCUT2D eigenvalue weighted by molar-refractivity contribution is 0.0486. The molecule has 1 amide bonds. The third-order valence-corrected chi connectivity index (χ3v) is 5.25. The van der Waals surface area contributed by atoms with E-state index in [9.17, 15) is 4.79 Å². The monoisotopic (exact) mass is 383 g/mol. The fraction of sp³-hybridized carbons (Fsp3) is 0.435. The quantitative estimate of drug-likeness (QED) is 0.750. The van der Waals surface area contributed by atoms with Crippen LogP contribution in [0, 0.1) is 0 Å². The molecule has 1 aliphatic heterocycles. The number of carbonyl (C=O) groups excluding carboxylic acids is 1. The van der Waals surface area contributed by atoms with Gasteiger partial charge in [0.2, 0.25) is 0 Å². The second-order valence-corrected chi connectivity index (χ2v) is 6.96. The van der Waals surface area contributed by atoms with Crippen LogP contribution in [0.4, 0.5) is 0 Å². The number of para-hydroxylation sites is 1. The first-order chi connectivity index (χ1) is 13.7. The maximum Gasteiger partial charge on any atom is 0.255 e. The van der Waals surface area contributed by atoms with Gasteiger partial charge in [-0.25, -0.2) is 0 Å². The predicted octanol–water partition coefficient (Wildman–Crippen LogP) is 3.96. The fourth-order valence-corrected chi connectivity index (χ4v) is 3.68. The molecular formula is C23H29NO4. The minimum Gasteiger partial charge on any atom is -0.494 e. The Morgan fingerprint density at radius 3 is 2.36 bits per heavy atom. The molecule has 0 aliphatic carbocycles. The molecule has 2 aromatic rings. The van der Waals surface area contributed by atoms with Gasteiger partial charge in [0.15, 0.2) is 0 Å². The van der Waals surface area contributed by atoms with E-state index in [-0.39, 0.29) is 11.3 Å². The molecule has 0 atom stereocenters. The van der Waals surface area contributed by atoms with Crippen LogP contribution in [0.3, 0.4) is 0 Å². The van der Waals surface area contributed by atoms with Crippen molar-refractivity contribution in [2.24, 2.45) is 0 Å². The van der Waals surface area contributed by atoms with Crippen molar-refractivity contribution in [2.75, 3.05) is 33.0 Å². The molecule has 1 aliphatic rings. The lowest BCUT2D eigenvalue weighted by Crippen LogP contribution is -2.44. The summed E-state index contributed by atoms with van der Waals surface area (Å²) >= 11 is 0. The normalized spacial score (nSPS) is 15.6. The van der Waals surface area contributed by atoms with E-state index in [1.54, 1.807) is 6.07 Å². The van der Waals surface area contributed by atoms with Crippen molar-refractivity contribution < 1.29 is 19.0 Å². The summed E-state index contributed by atoms with van der Waals surface area (Å²) in [6, 6.07) is 15.6. The number of carbonyl (C=O) groups is 1. The molecule has 1 fully saturated rings. The van der Waals surface area contributed by atoms with E-state index in [0.717, 1.165) is 18.6 Å². The summed E-state index contributed by atoms with van der Waals surface area (Å²) in [4.78, 5) is 12.9. The van der Waals surface area contributed by atoms with Crippen LogP contribution in [0.1, 0.15) is 42.6 Å². The van der Waals surface area contributed by atoms with Gasteiger partial charge in [0.25, 0.3) is 5.91 Å². The smallest absolute Gasteiger partial charge is 0.255 e.